The Morgan fingerprint density at radius 1 is 1.23 bits per heavy atom. The van der Waals surface area contributed by atoms with Gasteiger partial charge in [0.15, 0.2) is 0 Å². The first-order chi connectivity index (χ1) is 14.7. The lowest BCUT2D eigenvalue weighted by atomic mass is 9.98. The van der Waals surface area contributed by atoms with Gasteiger partial charge in [-0.2, -0.15) is 4.98 Å². The lowest BCUT2D eigenvalue weighted by Crippen LogP contribution is -2.45. The molecule has 3 heterocycles. The van der Waals surface area contributed by atoms with Crippen LogP contribution in [0.4, 0.5) is 0 Å². The molecule has 2 aromatic heterocycles. The van der Waals surface area contributed by atoms with Crippen molar-refractivity contribution in [2.45, 2.75) is 45.2 Å². The van der Waals surface area contributed by atoms with Crippen molar-refractivity contribution in [3.63, 3.8) is 0 Å². The van der Waals surface area contributed by atoms with Crippen molar-refractivity contribution in [2.75, 3.05) is 13.1 Å². The maximum absolute atomic E-state index is 12.4. The second-order valence-electron chi connectivity index (χ2n) is 7.61. The number of hydrogen-bond acceptors (Lipinski definition) is 6. The molecule has 0 radical (unpaired) electrons. The molecule has 0 spiro atoms. The monoisotopic (exact) mass is 405 g/mol. The molecule has 3 aromatic rings. The Morgan fingerprint density at radius 2 is 2.10 bits per heavy atom. The highest BCUT2D eigenvalue weighted by molar-refractivity contribution is 5.76. The van der Waals surface area contributed by atoms with Gasteiger partial charge < -0.3 is 9.84 Å². The van der Waals surface area contributed by atoms with E-state index in [0.29, 0.717) is 37.1 Å². The van der Waals surface area contributed by atoms with Gasteiger partial charge in [-0.15, -0.1) is 0 Å². The van der Waals surface area contributed by atoms with Crippen LogP contribution in [0, 0.1) is 0 Å². The highest BCUT2D eigenvalue weighted by Gasteiger charge is 2.22. The quantitative estimate of drug-likeness (QED) is 0.620. The summed E-state index contributed by atoms with van der Waals surface area (Å²) in [6, 6.07) is 12.7. The molecule has 1 aromatic carbocycles. The van der Waals surface area contributed by atoms with Gasteiger partial charge in [0.05, 0.1) is 0 Å². The normalized spacial score (nSPS) is 14.8. The Hall–Kier alpha value is -3.06. The van der Waals surface area contributed by atoms with E-state index in [4.69, 9.17) is 4.52 Å². The molecular weight excluding hydrogens is 378 g/mol. The number of aryl methyl sites for hydroxylation is 1. The molecule has 156 valence electrons. The topological polar surface area (TPSA) is 84.2 Å². The average Bonchev–Trinajstić information content (AvgIpc) is 3.28. The minimum atomic E-state index is 0.00647. The van der Waals surface area contributed by atoms with E-state index in [2.05, 4.69) is 56.5 Å². The molecule has 0 saturated carbocycles. The van der Waals surface area contributed by atoms with Crippen LogP contribution in [0.2, 0.25) is 0 Å². The summed E-state index contributed by atoms with van der Waals surface area (Å²) >= 11 is 0. The molecule has 30 heavy (non-hydrogen) atoms. The molecule has 1 atom stereocenters. The fourth-order valence-electron chi connectivity index (χ4n) is 3.87. The molecule has 0 aliphatic carbocycles. The summed E-state index contributed by atoms with van der Waals surface area (Å²) in [6.07, 6.45) is 6.20. The molecule has 1 N–H and O–H groups in total. The van der Waals surface area contributed by atoms with E-state index in [-0.39, 0.29) is 5.91 Å². The van der Waals surface area contributed by atoms with Crippen molar-refractivity contribution in [3.05, 3.63) is 65.8 Å². The lowest BCUT2D eigenvalue weighted by Gasteiger charge is -2.35. The van der Waals surface area contributed by atoms with Crippen LogP contribution in [-0.2, 0) is 24.2 Å². The van der Waals surface area contributed by atoms with E-state index in [1.165, 1.54) is 11.1 Å². The standard InChI is InChI=1S/C23H27N5O2/c1-2-20(28-13-11-17-6-3-4-7-19(17)16-28)15-25-21(29)9-10-22-26-23(27-30-22)18-8-5-12-24-14-18/h3-8,12,14,20H,2,9-11,13,15-16H2,1H3,(H,25,29). The third-order valence-electron chi connectivity index (χ3n) is 5.64. The van der Waals surface area contributed by atoms with Gasteiger partial charge in [0.2, 0.25) is 17.6 Å². The molecule has 1 amide bonds. The molecule has 0 bridgehead atoms. The molecule has 1 aliphatic rings. The van der Waals surface area contributed by atoms with Crippen LogP contribution in [0.5, 0.6) is 0 Å². The molecule has 7 heteroatoms. The van der Waals surface area contributed by atoms with Gasteiger partial charge in [-0.3, -0.25) is 14.7 Å². The number of carbonyl (C=O) groups excluding carboxylic acids is 1. The summed E-state index contributed by atoms with van der Waals surface area (Å²) in [5.74, 6) is 0.964. The summed E-state index contributed by atoms with van der Waals surface area (Å²) in [6.45, 7) is 4.81. The molecule has 7 nitrogen and oxygen atoms in total. The molecule has 4 rings (SSSR count). The molecule has 0 fully saturated rings. The van der Waals surface area contributed by atoms with Gasteiger partial charge >= 0.3 is 0 Å². The highest BCUT2D eigenvalue weighted by Crippen LogP contribution is 2.21. The lowest BCUT2D eigenvalue weighted by molar-refractivity contribution is -0.121. The van der Waals surface area contributed by atoms with E-state index in [9.17, 15) is 4.79 Å². The number of hydrogen-bond donors (Lipinski definition) is 1. The smallest absolute Gasteiger partial charge is 0.227 e. The summed E-state index contributed by atoms with van der Waals surface area (Å²) in [5.41, 5.74) is 3.64. The van der Waals surface area contributed by atoms with Crippen LogP contribution in [0.1, 0.15) is 36.8 Å². The summed E-state index contributed by atoms with van der Waals surface area (Å²) in [7, 11) is 0. The molecular formula is C23H27N5O2. The Morgan fingerprint density at radius 3 is 2.90 bits per heavy atom. The number of rotatable bonds is 8. The molecule has 1 aliphatic heterocycles. The zero-order valence-electron chi connectivity index (χ0n) is 17.3. The van der Waals surface area contributed by atoms with Crippen molar-refractivity contribution in [2.24, 2.45) is 0 Å². The Balaban J connectivity index is 1.25. The van der Waals surface area contributed by atoms with Crippen molar-refractivity contribution >= 4 is 5.91 Å². The Labute approximate surface area is 176 Å². The number of benzene rings is 1. The van der Waals surface area contributed by atoms with Crippen LogP contribution in [0.25, 0.3) is 11.4 Å². The van der Waals surface area contributed by atoms with Crippen molar-refractivity contribution in [1.82, 2.24) is 25.3 Å². The highest BCUT2D eigenvalue weighted by atomic mass is 16.5. The zero-order chi connectivity index (χ0) is 20.8. The minimum Gasteiger partial charge on any atom is -0.355 e. The van der Waals surface area contributed by atoms with E-state index in [1.54, 1.807) is 12.4 Å². The van der Waals surface area contributed by atoms with E-state index in [0.717, 1.165) is 31.5 Å². The van der Waals surface area contributed by atoms with Crippen molar-refractivity contribution in [1.29, 1.82) is 0 Å². The summed E-state index contributed by atoms with van der Waals surface area (Å²) in [4.78, 5) is 23.2. The van der Waals surface area contributed by atoms with Gasteiger partial charge in [0.1, 0.15) is 0 Å². The predicted molar refractivity (Wildman–Crippen MR) is 113 cm³/mol. The van der Waals surface area contributed by atoms with Crippen LogP contribution >= 0.6 is 0 Å². The van der Waals surface area contributed by atoms with Crippen molar-refractivity contribution in [3.8, 4) is 11.4 Å². The van der Waals surface area contributed by atoms with Gasteiger partial charge in [-0.25, -0.2) is 0 Å². The van der Waals surface area contributed by atoms with Crippen LogP contribution < -0.4 is 5.32 Å². The fraction of sp³-hybridized carbons (Fsp3) is 0.391. The molecule has 0 saturated heterocycles. The van der Waals surface area contributed by atoms with E-state index < -0.39 is 0 Å². The van der Waals surface area contributed by atoms with Gasteiger partial charge in [0.25, 0.3) is 0 Å². The SMILES string of the molecule is CCC(CNC(=O)CCc1nc(-c2cccnc2)no1)N1CCc2ccccc2C1. The van der Waals surface area contributed by atoms with Gasteiger partial charge in [0, 0.05) is 56.5 Å². The minimum absolute atomic E-state index is 0.00647. The zero-order valence-corrected chi connectivity index (χ0v) is 17.3. The van der Waals surface area contributed by atoms with Crippen LogP contribution in [-0.4, -0.2) is 45.1 Å². The third-order valence-corrected chi connectivity index (χ3v) is 5.64. The predicted octanol–water partition coefficient (Wildman–Crippen LogP) is 3.02. The first-order valence-electron chi connectivity index (χ1n) is 10.5. The fourth-order valence-corrected chi connectivity index (χ4v) is 3.87. The van der Waals surface area contributed by atoms with E-state index >= 15 is 0 Å². The number of fused-ring (bicyclic) bond motifs is 1. The van der Waals surface area contributed by atoms with Crippen LogP contribution in [0.3, 0.4) is 0 Å². The maximum atomic E-state index is 12.4. The third kappa shape index (κ3) is 4.91. The van der Waals surface area contributed by atoms with Crippen molar-refractivity contribution < 1.29 is 9.32 Å². The number of amides is 1. The second-order valence-corrected chi connectivity index (χ2v) is 7.61. The number of nitrogens with one attached hydrogen (secondary N) is 1. The summed E-state index contributed by atoms with van der Waals surface area (Å²) < 4.78 is 5.27. The first kappa shape index (κ1) is 20.2. The number of nitrogens with zero attached hydrogens (tertiary/aromatic N) is 4. The largest absolute Gasteiger partial charge is 0.355 e. The molecule has 1 unspecified atom stereocenters. The Bertz CT molecular complexity index is 972. The summed E-state index contributed by atoms with van der Waals surface area (Å²) in [5, 5.41) is 7.05. The second kappa shape index (κ2) is 9.63. The van der Waals surface area contributed by atoms with Gasteiger partial charge in [-0.05, 0) is 36.1 Å². The maximum Gasteiger partial charge on any atom is 0.227 e. The van der Waals surface area contributed by atoms with E-state index in [1.807, 2.05) is 12.1 Å². The average molecular weight is 406 g/mol. The first-order valence-corrected chi connectivity index (χ1v) is 10.5. The van der Waals surface area contributed by atoms with Crippen LogP contribution in [0.15, 0.2) is 53.3 Å². The number of carbonyl (C=O) groups is 1. The number of pyridine rings is 1. The van der Waals surface area contributed by atoms with Gasteiger partial charge in [-0.1, -0.05) is 36.3 Å². The number of aromatic nitrogens is 3. The Kier molecular flexibility index (Phi) is 6.49.